The molecule has 1 fully saturated rings. The van der Waals surface area contributed by atoms with E-state index in [4.69, 9.17) is 0 Å². The summed E-state index contributed by atoms with van der Waals surface area (Å²) in [7, 11) is 0. The van der Waals surface area contributed by atoms with Crippen LogP contribution < -0.4 is 10.6 Å². The molecule has 1 atom stereocenters. The number of piperidine rings is 1. The van der Waals surface area contributed by atoms with Gasteiger partial charge in [0.25, 0.3) is 5.91 Å². The summed E-state index contributed by atoms with van der Waals surface area (Å²) >= 11 is 1.44. The van der Waals surface area contributed by atoms with Crippen molar-refractivity contribution in [3.8, 4) is 0 Å². The van der Waals surface area contributed by atoms with E-state index >= 15 is 0 Å². The van der Waals surface area contributed by atoms with Crippen LogP contribution in [0, 0.1) is 5.92 Å². The minimum Gasteiger partial charge on any atom is -0.326 e. The molecule has 3 rings (SSSR count). The highest BCUT2D eigenvalue weighted by Crippen LogP contribution is 2.21. The van der Waals surface area contributed by atoms with E-state index in [1.807, 2.05) is 5.38 Å². The molecule has 0 unspecified atom stereocenters. The van der Waals surface area contributed by atoms with E-state index in [9.17, 15) is 9.59 Å². The van der Waals surface area contributed by atoms with Crippen LogP contribution in [0.4, 0.5) is 10.8 Å². The Morgan fingerprint density at radius 2 is 2.19 bits per heavy atom. The fraction of sp³-hybridized carbons (Fsp3) is 0.421. The number of carbonyl (C=O) groups excluding carboxylic acids is 2. The number of rotatable bonds is 5. The topological polar surface area (TPSA) is 74.3 Å². The monoisotopic (exact) mass is 372 g/mol. The van der Waals surface area contributed by atoms with Crippen molar-refractivity contribution in [2.75, 3.05) is 23.7 Å². The predicted octanol–water partition coefficient (Wildman–Crippen LogP) is 3.59. The van der Waals surface area contributed by atoms with E-state index in [-0.39, 0.29) is 11.8 Å². The highest BCUT2D eigenvalue weighted by Gasteiger charge is 2.17. The van der Waals surface area contributed by atoms with Crippen molar-refractivity contribution < 1.29 is 9.59 Å². The molecule has 2 aromatic rings. The van der Waals surface area contributed by atoms with Gasteiger partial charge in [0.1, 0.15) is 0 Å². The van der Waals surface area contributed by atoms with E-state index in [1.54, 1.807) is 24.3 Å². The van der Waals surface area contributed by atoms with Crippen molar-refractivity contribution in [3.05, 3.63) is 40.9 Å². The van der Waals surface area contributed by atoms with Crippen molar-refractivity contribution in [3.63, 3.8) is 0 Å². The van der Waals surface area contributed by atoms with Gasteiger partial charge in [0, 0.05) is 36.6 Å². The van der Waals surface area contributed by atoms with Crippen molar-refractivity contribution >= 4 is 34.0 Å². The van der Waals surface area contributed by atoms with E-state index < -0.39 is 0 Å². The Kier molecular flexibility index (Phi) is 6.00. The van der Waals surface area contributed by atoms with Gasteiger partial charge in [-0.05, 0) is 43.5 Å². The molecule has 1 aromatic carbocycles. The van der Waals surface area contributed by atoms with Gasteiger partial charge in [-0.25, -0.2) is 4.98 Å². The van der Waals surface area contributed by atoms with Crippen molar-refractivity contribution in [1.82, 2.24) is 9.88 Å². The van der Waals surface area contributed by atoms with Crippen LogP contribution in [0.1, 0.15) is 42.7 Å². The van der Waals surface area contributed by atoms with Gasteiger partial charge in [-0.1, -0.05) is 13.0 Å². The number of carbonyl (C=O) groups is 2. The van der Waals surface area contributed by atoms with Gasteiger partial charge in [0.2, 0.25) is 5.91 Å². The quantitative estimate of drug-likeness (QED) is 0.841. The Hall–Kier alpha value is -2.25. The van der Waals surface area contributed by atoms with Gasteiger partial charge < -0.3 is 5.32 Å². The molecule has 1 aliphatic rings. The van der Waals surface area contributed by atoms with E-state index in [2.05, 4.69) is 27.4 Å². The first kappa shape index (κ1) is 18.5. The number of nitrogens with one attached hydrogen (secondary N) is 2. The lowest BCUT2D eigenvalue weighted by molar-refractivity contribution is -0.114. The molecule has 0 saturated carbocycles. The SMILES string of the molecule is CC(=O)Nc1cccc(C(=O)Nc2nc(CN3CCC[C@H](C)C3)cs2)c1. The van der Waals surface area contributed by atoms with Gasteiger partial charge in [0.05, 0.1) is 5.69 Å². The van der Waals surface area contributed by atoms with Gasteiger partial charge >= 0.3 is 0 Å². The second-order valence-corrected chi connectivity index (χ2v) is 7.70. The van der Waals surface area contributed by atoms with Crippen LogP contribution in [0.25, 0.3) is 0 Å². The number of thiazole rings is 1. The molecular weight excluding hydrogens is 348 g/mol. The Morgan fingerprint density at radius 1 is 1.35 bits per heavy atom. The first-order valence-electron chi connectivity index (χ1n) is 8.85. The second kappa shape index (κ2) is 8.42. The fourth-order valence-electron chi connectivity index (χ4n) is 3.21. The zero-order valence-corrected chi connectivity index (χ0v) is 15.9. The smallest absolute Gasteiger partial charge is 0.257 e. The summed E-state index contributed by atoms with van der Waals surface area (Å²) in [5.74, 6) is 0.335. The Balaban J connectivity index is 1.60. The summed E-state index contributed by atoms with van der Waals surface area (Å²) in [6.45, 7) is 6.77. The summed E-state index contributed by atoms with van der Waals surface area (Å²) in [4.78, 5) is 30.5. The lowest BCUT2D eigenvalue weighted by atomic mass is 10.0. The molecule has 2 N–H and O–H groups in total. The molecule has 7 heteroatoms. The summed E-state index contributed by atoms with van der Waals surface area (Å²) in [5, 5.41) is 8.12. The summed E-state index contributed by atoms with van der Waals surface area (Å²) < 4.78 is 0. The maximum Gasteiger partial charge on any atom is 0.257 e. The Labute approximate surface area is 157 Å². The summed E-state index contributed by atoms with van der Waals surface area (Å²) in [6.07, 6.45) is 2.53. The number of nitrogens with zero attached hydrogens (tertiary/aromatic N) is 2. The Morgan fingerprint density at radius 3 is 2.96 bits per heavy atom. The van der Waals surface area contributed by atoms with Crippen LogP contribution in [0.15, 0.2) is 29.6 Å². The maximum absolute atomic E-state index is 12.4. The second-order valence-electron chi connectivity index (χ2n) is 6.84. The highest BCUT2D eigenvalue weighted by molar-refractivity contribution is 7.13. The molecule has 0 radical (unpaired) electrons. The normalized spacial score (nSPS) is 17.7. The third-order valence-corrected chi connectivity index (χ3v) is 5.15. The van der Waals surface area contributed by atoms with Crippen LogP contribution in [-0.2, 0) is 11.3 Å². The fourth-order valence-corrected chi connectivity index (χ4v) is 3.90. The highest BCUT2D eigenvalue weighted by atomic mass is 32.1. The molecule has 0 aliphatic carbocycles. The third-order valence-electron chi connectivity index (χ3n) is 4.34. The number of benzene rings is 1. The zero-order valence-electron chi connectivity index (χ0n) is 15.1. The molecule has 138 valence electrons. The molecule has 2 amide bonds. The molecule has 6 nitrogen and oxygen atoms in total. The minimum atomic E-state index is -0.232. The zero-order chi connectivity index (χ0) is 18.5. The van der Waals surface area contributed by atoms with E-state index in [1.165, 1.54) is 31.1 Å². The summed E-state index contributed by atoms with van der Waals surface area (Å²) in [6, 6.07) is 6.86. The average Bonchev–Trinajstić information content (AvgIpc) is 3.01. The number of likely N-dealkylation sites (tertiary alicyclic amines) is 1. The number of aromatic nitrogens is 1. The molecule has 0 spiro atoms. The Bertz CT molecular complexity index is 789. The van der Waals surface area contributed by atoms with Crippen molar-refractivity contribution in [2.24, 2.45) is 5.92 Å². The lowest BCUT2D eigenvalue weighted by Gasteiger charge is -2.30. The number of anilines is 2. The van der Waals surface area contributed by atoms with Gasteiger partial charge in [-0.15, -0.1) is 11.3 Å². The molecular formula is C19H24N4O2S. The predicted molar refractivity (Wildman–Crippen MR) is 104 cm³/mol. The largest absolute Gasteiger partial charge is 0.326 e. The number of hydrogen-bond donors (Lipinski definition) is 2. The molecule has 1 aromatic heterocycles. The average molecular weight is 372 g/mol. The molecule has 1 saturated heterocycles. The van der Waals surface area contributed by atoms with Crippen LogP contribution >= 0.6 is 11.3 Å². The number of hydrogen-bond acceptors (Lipinski definition) is 5. The van der Waals surface area contributed by atoms with Gasteiger partial charge in [0.15, 0.2) is 5.13 Å². The van der Waals surface area contributed by atoms with Crippen LogP contribution in [0.5, 0.6) is 0 Å². The molecule has 1 aliphatic heterocycles. The lowest BCUT2D eigenvalue weighted by Crippen LogP contribution is -2.33. The molecule has 26 heavy (non-hydrogen) atoms. The maximum atomic E-state index is 12.4. The minimum absolute atomic E-state index is 0.167. The van der Waals surface area contributed by atoms with Crippen LogP contribution in [0.3, 0.4) is 0 Å². The van der Waals surface area contributed by atoms with Crippen molar-refractivity contribution in [1.29, 1.82) is 0 Å². The number of amides is 2. The van der Waals surface area contributed by atoms with E-state index in [0.29, 0.717) is 16.4 Å². The first-order valence-corrected chi connectivity index (χ1v) is 9.73. The molecule has 0 bridgehead atoms. The van der Waals surface area contributed by atoms with Crippen LogP contribution in [-0.4, -0.2) is 34.8 Å². The first-order chi connectivity index (χ1) is 12.5. The van der Waals surface area contributed by atoms with E-state index in [0.717, 1.165) is 31.2 Å². The molecule has 2 heterocycles. The van der Waals surface area contributed by atoms with Gasteiger partial charge in [-0.2, -0.15) is 0 Å². The standard InChI is InChI=1S/C19H24N4O2S/c1-13-5-4-8-23(10-13)11-17-12-26-19(21-17)22-18(25)15-6-3-7-16(9-15)20-14(2)24/h3,6-7,9,12-13H,4-5,8,10-11H2,1-2H3,(H,20,24)(H,21,22,25)/t13-/m0/s1. The van der Waals surface area contributed by atoms with Crippen LogP contribution in [0.2, 0.25) is 0 Å². The van der Waals surface area contributed by atoms with Gasteiger partial charge in [-0.3, -0.25) is 19.8 Å². The van der Waals surface area contributed by atoms with Crippen molar-refractivity contribution in [2.45, 2.75) is 33.2 Å². The third kappa shape index (κ3) is 5.12. The summed E-state index contributed by atoms with van der Waals surface area (Å²) in [5.41, 5.74) is 2.08.